The van der Waals surface area contributed by atoms with Crippen molar-refractivity contribution in [3.05, 3.63) is 71.8 Å². The van der Waals surface area contributed by atoms with Crippen LogP contribution < -0.4 is 5.73 Å². The van der Waals surface area contributed by atoms with E-state index in [2.05, 4.69) is 0 Å². The van der Waals surface area contributed by atoms with Gasteiger partial charge in [-0.1, -0.05) is 60.7 Å². The first-order valence-corrected chi connectivity index (χ1v) is 8.68. The van der Waals surface area contributed by atoms with Crippen LogP contribution in [0, 0.1) is 0 Å². The molecule has 0 spiro atoms. The van der Waals surface area contributed by atoms with E-state index in [1.165, 1.54) is 0 Å². The first kappa shape index (κ1) is 15.2. The molecule has 0 radical (unpaired) electrons. The minimum atomic E-state index is -3.74. The van der Waals surface area contributed by atoms with Crippen molar-refractivity contribution in [3.63, 3.8) is 0 Å². The van der Waals surface area contributed by atoms with Gasteiger partial charge in [0.05, 0.1) is 6.04 Å². The Morgan fingerprint density at radius 2 is 1.59 bits per heavy atom. The summed E-state index contributed by atoms with van der Waals surface area (Å²) in [4.78, 5) is 0. The minimum absolute atomic E-state index is 0.456. The van der Waals surface area contributed by atoms with Gasteiger partial charge in [0.2, 0.25) is 0 Å². The maximum absolute atomic E-state index is 12.5. The van der Waals surface area contributed by atoms with Gasteiger partial charge >= 0.3 is 0 Å². The van der Waals surface area contributed by atoms with Gasteiger partial charge in [-0.05, 0) is 18.1 Å². The molecule has 5 heteroatoms. The molecule has 1 heterocycles. The molecule has 1 aliphatic heterocycles. The quantitative estimate of drug-likeness (QED) is 0.883. The zero-order valence-electron chi connectivity index (χ0n) is 12.3. The van der Waals surface area contributed by atoms with Crippen LogP contribution in [0.2, 0.25) is 0 Å². The summed E-state index contributed by atoms with van der Waals surface area (Å²) in [5, 5.41) is -0.831. The van der Waals surface area contributed by atoms with Crippen molar-refractivity contribution < 1.29 is 12.6 Å². The molecule has 4 nitrogen and oxygen atoms in total. The zero-order chi connectivity index (χ0) is 15.8. The van der Waals surface area contributed by atoms with Crippen molar-refractivity contribution in [1.29, 1.82) is 0 Å². The summed E-state index contributed by atoms with van der Waals surface area (Å²) in [5.41, 5.74) is 7.04. The van der Waals surface area contributed by atoms with Crippen LogP contribution in [0.3, 0.4) is 0 Å². The highest BCUT2D eigenvalue weighted by Gasteiger charge is 2.54. The van der Waals surface area contributed by atoms with E-state index in [1.54, 1.807) is 19.1 Å². The lowest BCUT2D eigenvalue weighted by molar-refractivity contribution is 0.0994. The second kappa shape index (κ2) is 5.50. The first-order chi connectivity index (χ1) is 10.4. The zero-order valence-corrected chi connectivity index (χ0v) is 13.2. The maximum Gasteiger partial charge on any atom is 0.276 e. The molecule has 1 saturated heterocycles. The molecule has 3 rings (SSSR count). The summed E-state index contributed by atoms with van der Waals surface area (Å²) in [6.45, 7) is 1.77. The summed E-state index contributed by atoms with van der Waals surface area (Å²) in [6.07, 6.45) is 0.456. The van der Waals surface area contributed by atoms with Crippen molar-refractivity contribution in [2.75, 3.05) is 0 Å². The van der Waals surface area contributed by atoms with Crippen molar-refractivity contribution in [2.45, 2.75) is 30.2 Å². The van der Waals surface area contributed by atoms with Gasteiger partial charge in [0, 0.05) is 6.42 Å². The summed E-state index contributed by atoms with van der Waals surface area (Å²) < 4.78 is 30.4. The van der Waals surface area contributed by atoms with E-state index in [0.29, 0.717) is 12.0 Å². The summed E-state index contributed by atoms with van der Waals surface area (Å²) in [6, 6.07) is 18.1. The van der Waals surface area contributed by atoms with Crippen molar-refractivity contribution >= 4 is 10.1 Å². The lowest BCUT2D eigenvalue weighted by Gasteiger charge is -2.27. The highest BCUT2D eigenvalue weighted by molar-refractivity contribution is 7.87. The second-order valence-corrected chi connectivity index (χ2v) is 7.57. The van der Waals surface area contributed by atoms with E-state index in [4.69, 9.17) is 9.92 Å². The number of rotatable bonds is 3. The molecule has 1 fully saturated rings. The summed E-state index contributed by atoms with van der Waals surface area (Å²) >= 11 is 0. The SMILES string of the molecule is CC1(Cc2ccccc2)OS(=O)(=O)C(c2ccccc2)C1N. The summed E-state index contributed by atoms with van der Waals surface area (Å²) in [5.74, 6) is 0. The van der Waals surface area contributed by atoms with Crippen molar-refractivity contribution in [1.82, 2.24) is 0 Å². The third-order valence-corrected chi connectivity index (χ3v) is 5.98. The number of nitrogens with two attached hydrogens (primary N) is 1. The van der Waals surface area contributed by atoms with Gasteiger partial charge in [0.15, 0.2) is 0 Å². The Labute approximate surface area is 131 Å². The average molecular weight is 317 g/mol. The topological polar surface area (TPSA) is 69.4 Å². The highest BCUT2D eigenvalue weighted by Crippen LogP contribution is 2.43. The molecule has 116 valence electrons. The van der Waals surface area contributed by atoms with E-state index in [1.807, 2.05) is 48.5 Å². The molecule has 3 atom stereocenters. The molecule has 2 N–H and O–H groups in total. The van der Waals surface area contributed by atoms with Crippen LogP contribution in [0.5, 0.6) is 0 Å². The molecule has 2 aromatic rings. The highest BCUT2D eigenvalue weighted by atomic mass is 32.2. The first-order valence-electron chi connectivity index (χ1n) is 7.21. The minimum Gasteiger partial charge on any atom is -0.324 e. The Bertz CT molecular complexity index is 746. The Balaban J connectivity index is 1.96. The van der Waals surface area contributed by atoms with E-state index in [0.717, 1.165) is 5.56 Å². The summed E-state index contributed by atoms with van der Waals surface area (Å²) in [7, 11) is -3.74. The van der Waals surface area contributed by atoms with E-state index in [-0.39, 0.29) is 0 Å². The van der Waals surface area contributed by atoms with Gasteiger partial charge in [-0.15, -0.1) is 0 Å². The van der Waals surface area contributed by atoms with Crippen molar-refractivity contribution in [2.24, 2.45) is 5.73 Å². The largest absolute Gasteiger partial charge is 0.324 e. The van der Waals surface area contributed by atoms with Crippen LogP contribution >= 0.6 is 0 Å². The molecule has 22 heavy (non-hydrogen) atoms. The normalized spacial score (nSPS) is 30.3. The molecule has 0 aromatic heterocycles. The molecule has 2 aromatic carbocycles. The monoisotopic (exact) mass is 317 g/mol. The van der Waals surface area contributed by atoms with Gasteiger partial charge in [-0.25, -0.2) is 0 Å². The average Bonchev–Trinajstić information content (AvgIpc) is 2.66. The third-order valence-electron chi connectivity index (χ3n) is 4.17. The van der Waals surface area contributed by atoms with Gasteiger partial charge in [-0.3, -0.25) is 4.18 Å². The van der Waals surface area contributed by atoms with Gasteiger partial charge < -0.3 is 5.73 Å². The fourth-order valence-corrected chi connectivity index (χ4v) is 4.98. The van der Waals surface area contributed by atoms with Gasteiger partial charge in [0.1, 0.15) is 10.9 Å². The lowest BCUT2D eigenvalue weighted by atomic mass is 9.86. The fourth-order valence-electron chi connectivity index (χ4n) is 3.04. The van der Waals surface area contributed by atoms with Crippen molar-refractivity contribution in [3.8, 4) is 0 Å². The van der Waals surface area contributed by atoms with E-state index >= 15 is 0 Å². The Hall–Kier alpha value is -1.69. The maximum atomic E-state index is 12.5. The van der Waals surface area contributed by atoms with Gasteiger partial charge in [0.25, 0.3) is 10.1 Å². The molecular weight excluding hydrogens is 298 g/mol. The second-order valence-electron chi connectivity index (χ2n) is 5.91. The number of benzene rings is 2. The molecule has 0 amide bonds. The molecule has 0 saturated carbocycles. The van der Waals surface area contributed by atoms with Crippen LogP contribution in [0.4, 0.5) is 0 Å². The molecule has 3 unspecified atom stereocenters. The number of hydrogen-bond donors (Lipinski definition) is 1. The van der Waals surface area contributed by atoms with Crippen LogP contribution in [-0.4, -0.2) is 20.1 Å². The Morgan fingerprint density at radius 3 is 2.18 bits per heavy atom. The van der Waals surface area contributed by atoms with Crippen LogP contribution in [0.25, 0.3) is 0 Å². The predicted molar refractivity (Wildman–Crippen MR) is 85.7 cm³/mol. The standard InChI is InChI=1S/C17H19NO3S/c1-17(12-13-8-4-2-5-9-13)16(18)15(22(19,20)21-17)14-10-6-3-7-11-14/h2-11,15-16H,12,18H2,1H3. The molecule has 1 aliphatic rings. The smallest absolute Gasteiger partial charge is 0.276 e. The van der Waals surface area contributed by atoms with Crippen LogP contribution in [0.15, 0.2) is 60.7 Å². The van der Waals surface area contributed by atoms with E-state index in [9.17, 15) is 8.42 Å². The lowest BCUT2D eigenvalue weighted by Crippen LogP contribution is -2.46. The molecule has 0 aliphatic carbocycles. The molecular formula is C17H19NO3S. The predicted octanol–water partition coefficient (Wildman–Crippen LogP) is 2.42. The van der Waals surface area contributed by atoms with Crippen LogP contribution in [0.1, 0.15) is 23.3 Å². The Morgan fingerprint density at radius 1 is 1.05 bits per heavy atom. The van der Waals surface area contributed by atoms with E-state index < -0.39 is 27.0 Å². The number of hydrogen-bond acceptors (Lipinski definition) is 4. The molecule has 0 bridgehead atoms. The third kappa shape index (κ3) is 2.67. The Kier molecular flexibility index (Phi) is 3.80. The van der Waals surface area contributed by atoms with Crippen LogP contribution in [-0.2, 0) is 20.7 Å². The van der Waals surface area contributed by atoms with Gasteiger partial charge in [-0.2, -0.15) is 8.42 Å². The fraction of sp³-hybridized carbons (Fsp3) is 0.294.